The lowest BCUT2D eigenvalue weighted by atomic mass is 10.1. The van der Waals surface area contributed by atoms with Crippen LogP contribution in [0, 0.1) is 0 Å². The molecule has 1 aromatic heterocycles. The third-order valence-electron chi connectivity index (χ3n) is 5.20. The number of hydrogen-bond acceptors (Lipinski definition) is 5. The Hall–Kier alpha value is -1.67. The average Bonchev–Trinajstić information content (AvgIpc) is 3.22. The Balaban J connectivity index is 0.00000210. The molecular formula is C20H32Cl2N6O. The maximum atomic E-state index is 12.4. The van der Waals surface area contributed by atoms with E-state index < -0.39 is 0 Å². The van der Waals surface area contributed by atoms with Crippen molar-refractivity contribution in [1.29, 1.82) is 0 Å². The highest BCUT2D eigenvalue weighted by molar-refractivity contribution is 5.91. The molecule has 2 heterocycles. The summed E-state index contributed by atoms with van der Waals surface area (Å²) in [5.74, 6) is -0.178. The molecule has 0 spiro atoms. The van der Waals surface area contributed by atoms with E-state index in [9.17, 15) is 4.79 Å². The van der Waals surface area contributed by atoms with Gasteiger partial charge in [0.25, 0.3) is 5.91 Å². The van der Waals surface area contributed by atoms with Crippen LogP contribution in [-0.4, -0.2) is 52.0 Å². The maximum Gasteiger partial charge on any atom is 0.273 e. The fraction of sp³-hybridized carbons (Fsp3) is 0.550. The van der Waals surface area contributed by atoms with E-state index in [2.05, 4.69) is 64.0 Å². The number of nitrogens with zero attached hydrogens (tertiary/aromatic N) is 4. The molecule has 0 radical (unpaired) electrons. The summed E-state index contributed by atoms with van der Waals surface area (Å²) < 4.78 is 1.83. The Kier molecular flexibility index (Phi) is 11.2. The topological polar surface area (TPSA) is 75.1 Å². The third-order valence-corrected chi connectivity index (χ3v) is 5.20. The second-order valence-corrected chi connectivity index (χ2v) is 7.03. The molecular weight excluding hydrogens is 411 g/mol. The Bertz CT molecular complexity index is 727. The molecule has 2 aromatic rings. The summed E-state index contributed by atoms with van der Waals surface area (Å²) in [6.45, 7) is 9.86. The minimum Gasteiger partial charge on any atom is -0.347 e. The first-order valence-corrected chi connectivity index (χ1v) is 9.90. The number of carbonyl (C=O) groups excluding carboxylic acids is 1. The van der Waals surface area contributed by atoms with Gasteiger partial charge >= 0.3 is 0 Å². The van der Waals surface area contributed by atoms with Crippen molar-refractivity contribution < 1.29 is 4.79 Å². The number of piperidine rings is 1. The molecule has 0 saturated carbocycles. The van der Waals surface area contributed by atoms with E-state index in [1.807, 2.05) is 4.68 Å². The van der Waals surface area contributed by atoms with Crippen LogP contribution in [0.4, 0.5) is 0 Å². The summed E-state index contributed by atoms with van der Waals surface area (Å²) in [7, 11) is 0. The summed E-state index contributed by atoms with van der Waals surface area (Å²) in [4.78, 5) is 14.7. The molecule has 3 rings (SSSR count). The van der Waals surface area contributed by atoms with Gasteiger partial charge in [0.05, 0.1) is 12.2 Å². The molecule has 2 N–H and O–H groups in total. The fourth-order valence-corrected chi connectivity index (χ4v) is 3.37. The minimum atomic E-state index is -0.178. The molecule has 0 aliphatic carbocycles. The van der Waals surface area contributed by atoms with Crippen LogP contribution in [0.25, 0.3) is 0 Å². The molecule has 1 aromatic carbocycles. The zero-order chi connectivity index (χ0) is 19.1. The van der Waals surface area contributed by atoms with E-state index in [4.69, 9.17) is 0 Å². The summed E-state index contributed by atoms with van der Waals surface area (Å²) in [6, 6.07) is 8.75. The number of halogens is 2. The van der Waals surface area contributed by atoms with Crippen LogP contribution in [0.2, 0.25) is 0 Å². The second kappa shape index (κ2) is 12.8. The van der Waals surface area contributed by atoms with Crippen molar-refractivity contribution in [2.75, 3.05) is 26.2 Å². The minimum absolute atomic E-state index is 0. The van der Waals surface area contributed by atoms with E-state index in [0.717, 1.165) is 51.1 Å². The molecule has 0 atom stereocenters. The normalized spacial score (nSPS) is 14.2. The van der Waals surface area contributed by atoms with Crippen LogP contribution in [0.3, 0.4) is 0 Å². The number of nitrogens with one attached hydrogen (secondary N) is 2. The lowest BCUT2D eigenvalue weighted by Crippen LogP contribution is -2.29. The first-order chi connectivity index (χ1) is 13.2. The highest BCUT2D eigenvalue weighted by Gasteiger charge is 2.18. The number of aromatic nitrogens is 3. The Labute approximate surface area is 185 Å². The SMILES string of the molecule is CCN(CC)Cc1ccc(CNC(=O)c2cn(C3CCNCC3)nn2)cc1.Cl.Cl. The number of benzene rings is 1. The molecule has 162 valence electrons. The van der Waals surface area contributed by atoms with Gasteiger partial charge in [-0.1, -0.05) is 43.3 Å². The summed E-state index contributed by atoms with van der Waals surface area (Å²) in [6.07, 6.45) is 3.80. The average molecular weight is 443 g/mol. The van der Waals surface area contributed by atoms with Crippen LogP contribution in [0.15, 0.2) is 30.5 Å². The van der Waals surface area contributed by atoms with Gasteiger partial charge in [0, 0.05) is 13.1 Å². The van der Waals surface area contributed by atoms with E-state index in [1.54, 1.807) is 6.20 Å². The summed E-state index contributed by atoms with van der Waals surface area (Å²) in [5, 5.41) is 14.5. The standard InChI is InChI=1S/C20H30N6O.2ClH/c1-3-25(4-2)14-17-7-5-16(6-8-17)13-22-20(27)19-15-26(24-23-19)18-9-11-21-12-10-18;;/h5-8,15,18,21H,3-4,9-14H2,1-2H3,(H,22,27);2*1H. The van der Waals surface area contributed by atoms with Crippen molar-refractivity contribution in [1.82, 2.24) is 30.5 Å². The first kappa shape index (κ1) is 25.4. The van der Waals surface area contributed by atoms with E-state index in [0.29, 0.717) is 18.3 Å². The molecule has 1 aliphatic heterocycles. The summed E-state index contributed by atoms with van der Waals surface area (Å²) >= 11 is 0. The number of amides is 1. The highest BCUT2D eigenvalue weighted by atomic mass is 35.5. The van der Waals surface area contributed by atoms with Crippen molar-refractivity contribution in [3.05, 3.63) is 47.3 Å². The Morgan fingerprint density at radius 3 is 2.38 bits per heavy atom. The largest absolute Gasteiger partial charge is 0.347 e. The van der Waals surface area contributed by atoms with Crippen LogP contribution in [0.5, 0.6) is 0 Å². The molecule has 7 nitrogen and oxygen atoms in total. The third kappa shape index (κ3) is 7.26. The molecule has 0 unspecified atom stereocenters. The van der Waals surface area contributed by atoms with Crippen LogP contribution >= 0.6 is 24.8 Å². The zero-order valence-corrected chi connectivity index (χ0v) is 18.8. The monoisotopic (exact) mass is 442 g/mol. The van der Waals surface area contributed by atoms with Gasteiger partial charge < -0.3 is 10.6 Å². The van der Waals surface area contributed by atoms with Gasteiger partial charge in [0.15, 0.2) is 5.69 Å². The van der Waals surface area contributed by atoms with E-state index in [-0.39, 0.29) is 30.7 Å². The predicted octanol–water partition coefficient (Wildman–Crippen LogP) is 2.82. The van der Waals surface area contributed by atoms with Gasteiger partial charge in [0.1, 0.15) is 0 Å². The van der Waals surface area contributed by atoms with Gasteiger partial charge in [-0.15, -0.1) is 29.9 Å². The van der Waals surface area contributed by atoms with Crippen molar-refractivity contribution in [3.8, 4) is 0 Å². The van der Waals surface area contributed by atoms with Gasteiger partial charge in [-0.05, 0) is 50.1 Å². The van der Waals surface area contributed by atoms with Crippen molar-refractivity contribution in [3.63, 3.8) is 0 Å². The summed E-state index contributed by atoms with van der Waals surface area (Å²) in [5.41, 5.74) is 2.75. The lowest BCUT2D eigenvalue weighted by molar-refractivity contribution is 0.0946. The van der Waals surface area contributed by atoms with Crippen LogP contribution in [-0.2, 0) is 13.1 Å². The quantitative estimate of drug-likeness (QED) is 0.657. The van der Waals surface area contributed by atoms with Gasteiger partial charge in [-0.25, -0.2) is 4.68 Å². The fourth-order valence-electron chi connectivity index (χ4n) is 3.37. The lowest BCUT2D eigenvalue weighted by Gasteiger charge is -2.22. The van der Waals surface area contributed by atoms with Crippen LogP contribution in [0.1, 0.15) is 54.3 Å². The van der Waals surface area contributed by atoms with Gasteiger partial charge in [-0.3, -0.25) is 9.69 Å². The zero-order valence-electron chi connectivity index (χ0n) is 17.1. The van der Waals surface area contributed by atoms with Crippen LogP contribution < -0.4 is 10.6 Å². The molecule has 1 aliphatic rings. The number of rotatable bonds is 8. The second-order valence-electron chi connectivity index (χ2n) is 7.03. The maximum absolute atomic E-state index is 12.4. The number of hydrogen-bond donors (Lipinski definition) is 2. The molecule has 0 bridgehead atoms. The van der Waals surface area contributed by atoms with Crippen molar-refractivity contribution in [2.24, 2.45) is 0 Å². The molecule has 9 heteroatoms. The van der Waals surface area contributed by atoms with E-state index in [1.165, 1.54) is 5.56 Å². The Morgan fingerprint density at radius 2 is 1.76 bits per heavy atom. The van der Waals surface area contributed by atoms with Crippen molar-refractivity contribution in [2.45, 2.75) is 45.8 Å². The molecule has 1 amide bonds. The molecule has 29 heavy (non-hydrogen) atoms. The predicted molar refractivity (Wildman–Crippen MR) is 120 cm³/mol. The Morgan fingerprint density at radius 1 is 1.14 bits per heavy atom. The highest BCUT2D eigenvalue weighted by Crippen LogP contribution is 2.17. The van der Waals surface area contributed by atoms with Gasteiger partial charge in [-0.2, -0.15) is 0 Å². The van der Waals surface area contributed by atoms with Gasteiger partial charge in [0.2, 0.25) is 0 Å². The molecule has 1 saturated heterocycles. The smallest absolute Gasteiger partial charge is 0.273 e. The first-order valence-electron chi connectivity index (χ1n) is 9.90. The van der Waals surface area contributed by atoms with Crippen molar-refractivity contribution >= 4 is 30.7 Å². The van der Waals surface area contributed by atoms with E-state index >= 15 is 0 Å². The number of carbonyl (C=O) groups is 1. The molecule has 1 fully saturated rings.